The number of aryl methyl sites for hydroxylation is 2. The van der Waals surface area contributed by atoms with Gasteiger partial charge >= 0.3 is 0 Å². The standard InChI is InChI=1S/C30H51N3/c1-7-27-31-28-19-22-11-12-23-25-14-13-24(21(4)10-8-9-20(2)3)30(25,6)16-15-26(23)29(22,5)17-18-33(28)32-27/h20-26H,7-19H2,1-6H3/t21-,22+,23+,24-,25+,26+,29+,30-/m1/s1. The summed E-state index contributed by atoms with van der Waals surface area (Å²) in [6, 6.07) is 0. The van der Waals surface area contributed by atoms with Gasteiger partial charge in [-0.2, -0.15) is 5.10 Å². The lowest BCUT2D eigenvalue weighted by Crippen LogP contribution is -2.52. The van der Waals surface area contributed by atoms with Crippen LogP contribution in [0.4, 0.5) is 0 Å². The predicted molar refractivity (Wildman–Crippen MR) is 137 cm³/mol. The van der Waals surface area contributed by atoms with Gasteiger partial charge in [0.1, 0.15) is 5.82 Å². The van der Waals surface area contributed by atoms with E-state index in [9.17, 15) is 0 Å². The molecule has 3 saturated carbocycles. The third kappa shape index (κ3) is 4.02. The third-order valence-electron chi connectivity index (χ3n) is 11.7. The summed E-state index contributed by atoms with van der Waals surface area (Å²) in [5.41, 5.74) is 1.09. The molecule has 4 aliphatic rings. The topological polar surface area (TPSA) is 30.7 Å². The lowest BCUT2D eigenvalue weighted by molar-refractivity contribution is -0.103. The van der Waals surface area contributed by atoms with Crippen molar-refractivity contribution >= 4 is 0 Å². The van der Waals surface area contributed by atoms with Crippen LogP contribution in [0.15, 0.2) is 0 Å². The molecular weight excluding hydrogens is 402 g/mol. The Hall–Kier alpha value is -0.860. The van der Waals surface area contributed by atoms with E-state index in [4.69, 9.17) is 10.1 Å². The first kappa shape index (κ1) is 23.9. The molecule has 186 valence electrons. The molecule has 1 aliphatic heterocycles. The van der Waals surface area contributed by atoms with Crippen LogP contribution in [0.1, 0.15) is 117 Å². The lowest BCUT2D eigenvalue weighted by atomic mass is 9.46. The highest BCUT2D eigenvalue weighted by molar-refractivity contribution is 5.11. The van der Waals surface area contributed by atoms with Gasteiger partial charge < -0.3 is 0 Å². The van der Waals surface area contributed by atoms with Crippen LogP contribution in [-0.4, -0.2) is 14.8 Å². The van der Waals surface area contributed by atoms with Gasteiger partial charge in [0, 0.05) is 19.4 Å². The van der Waals surface area contributed by atoms with Crippen LogP contribution >= 0.6 is 0 Å². The van der Waals surface area contributed by atoms with Gasteiger partial charge in [0.15, 0.2) is 5.82 Å². The van der Waals surface area contributed by atoms with Crippen molar-refractivity contribution in [3.05, 3.63) is 11.6 Å². The first-order chi connectivity index (χ1) is 15.8. The minimum absolute atomic E-state index is 0.486. The zero-order valence-electron chi connectivity index (χ0n) is 22.6. The van der Waals surface area contributed by atoms with Gasteiger partial charge in [-0.25, -0.2) is 9.67 Å². The fraction of sp³-hybridized carbons (Fsp3) is 0.933. The maximum atomic E-state index is 4.94. The second-order valence-corrected chi connectivity index (χ2v) is 13.7. The minimum Gasteiger partial charge on any atom is -0.250 e. The summed E-state index contributed by atoms with van der Waals surface area (Å²) in [5, 5.41) is 4.86. The van der Waals surface area contributed by atoms with Crippen molar-refractivity contribution in [3.63, 3.8) is 0 Å². The number of nitrogens with zero attached hydrogens (tertiary/aromatic N) is 3. The molecule has 33 heavy (non-hydrogen) atoms. The molecule has 8 atom stereocenters. The maximum Gasteiger partial charge on any atom is 0.150 e. The molecule has 0 aromatic carbocycles. The lowest BCUT2D eigenvalue weighted by Gasteiger charge is -2.59. The first-order valence-corrected chi connectivity index (χ1v) is 14.7. The van der Waals surface area contributed by atoms with Crippen LogP contribution in [0, 0.1) is 52.3 Å². The second kappa shape index (κ2) is 8.98. The highest BCUT2D eigenvalue weighted by Crippen LogP contribution is 2.67. The molecule has 3 nitrogen and oxygen atoms in total. The van der Waals surface area contributed by atoms with Gasteiger partial charge in [0.25, 0.3) is 0 Å². The SMILES string of the molecule is CCc1nc2n(n1)CC[C@@]1(C)[C@@H](CC[C@@H]3[C@@H]1CC[C@]1(C)[C@@H]([C@H](C)CCCC(C)C)CC[C@@H]31)C2. The molecule has 1 aromatic heterocycles. The highest BCUT2D eigenvalue weighted by atomic mass is 15.3. The molecule has 0 amide bonds. The van der Waals surface area contributed by atoms with Gasteiger partial charge in [-0.15, -0.1) is 0 Å². The highest BCUT2D eigenvalue weighted by Gasteiger charge is 2.60. The van der Waals surface area contributed by atoms with Crippen molar-refractivity contribution in [3.8, 4) is 0 Å². The first-order valence-electron chi connectivity index (χ1n) is 14.7. The Morgan fingerprint density at radius 3 is 2.48 bits per heavy atom. The molecule has 0 spiro atoms. The molecule has 3 aliphatic carbocycles. The van der Waals surface area contributed by atoms with Gasteiger partial charge in [0.2, 0.25) is 0 Å². The van der Waals surface area contributed by atoms with E-state index >= 15 is 0 Å². The van der Waals surface area contributed by atoms with E-state index in [-0.39, 0.29) is 0 Å². The number of rotatable bonds is 6. The Kier molecular flexibility index (Phi) is 6.49. The summed E-state index contributed by atoms with van der Waals surface area (Å²) in [6.45, 7) is 16.1. The average molecular weight is 454 g/mol. The largest absolute Gasteiger partial charge is 0.250 e. The molecule has 5 rings (SSSR count). The van der Waals surface area contributed by atoms with Crippen LogP contribution in [0.5, 0.6) is 0 Å². The van der Waals surface area contributed by atoms with E-state index in [1.807, 2.05) is 0 Å². The Bertz CT molecular complexity index is 827. The molecule has 2 heterocycles. The number of fused-ring (bicyclic) bond motifs is 6. The quantitative estimate of drug-likeness (QED) is 0.441. The molecule has 1 aromatic rings. The summed E-state index contributed by atoms with van der Waals surface area (Å²) in [4.78, 5) is 4.94. The van der Waals surface area contributed by atoms with Gasteiger partial charge in [-0.05, 0) is 97.2 Å². The van der Waals surface area contributed by atoms with Crippen LogP contribution in [0.25, 0.3) is 0 Å². The summed E-state index contributed by atoms with van der Waals surface area (Å²) in [7, 11) is 0. The van der Waals surface area contributed by atoms with Crippen molar-refractivity contribution in [2.45, 2.75) is 125 Å². The van der Waals surface area contributed by atoms with E-state index < -0.39 is 0 Å². The molecular formula is C30H51N3. The number of aromatic nitrogens is 3. The van der Waals surface area contributed by atoms with Crippen LogP contribution < -0.4 is 0 Å². The van der Waals surface area contributed by atoms with Gasteiger partial charge in [-0.3, -0.25) is 0 Å². The van der Waals surface area contributed by atoms with E-state index in [0.29, 0.717) is 10.8 Å². The molecule has 0 radical (unpaired) electrons. The number of hydrogen-bond donors (Lipinski definition) is 0. The molecule has 0 unspecified atom stereocenters. The van der Waals surface area contributed by atoms with Crippen molar-refractivity contribution in [2.75, 3.05) is 0 Å². The van der Waals surface area contributed by atoms with E-state index in [1.165, 1.54) is 76.5 Å². The van der Waals surface area contributed by atoms with Crippen molar-refractivity contribution in [2.24, 2.45) is 52.3 Å². The van der Waals surface area contributed by atoms with Gasteiger partial charge in [-0.1, -0.05) is 60.8 Å². The van der Waals surface area contributed by atoms with Crippen molar-refractivity contribution < 1.29 is 0 Å². The van der Waals surface area contributed by atoms with Gasteiger partial charge in [0.05, 0.1) is 0 Å². The summed E-state index contributed by atoms with van der Waals surface area (Å²) in [6.07, 6.45) is 16.6. The summed E-state index contributed by atoms with van der Waals surface area (Å²) < 4.78 is 2.29. The Labute approximate surface area is 203 Å². The molecule has 0 bridgehead atoms. The monoisotopic (exact) mass is 453 g/mol. The Balaban J connectivity index is 1.31. The normalized spacial score (nSPS) is 41.1. The fourth-order valence-electron chi connectivity index (χ4n) is 9.76. The van der Waals surface area contributed by atoms with E-state index in [0.717, 1.165) is 60.2 Å². The van der Waals surface area contributed by atoms with Crippen molar-refractivity contribution in [1.29, 1.82) is 0 Å². The third-order valence-corrected chi connectivity index (χ3v) is 11.7. The van der Waals surface area contributed by atoms with E-state index in [2.05, 4.69) is 46.2 Å². The fourth-order valence-corrected chi connectivity index (χ4v) is 9.76. The average Bonchev–Trinajstić information content (AvgIpc) is 3.30. The second-order valence-electron chi connectivity index (χ2n) is 13.7. The molecule has 0 N–H and O–H groups in total. The van der Waals surface area contributed by atoms with Crippen LogP contribution in [0.2, 0.25) is 0 Å². The molecule has 0 saturated heterocycles. The maximum absolute atomic E-state index is 4.94. The van der Waals surface area contributed by atoms with Crippen LogP contribution in [0.3, 0.4) is 0 Å². The Morgan fingerprint density at radius 1 is 0.939 bits per heavy atom. The van der Waals surface area contributed by atoms with Crippen molar-refractivity contribution in [1.82, 2.24) is 14.8 Å². The molecule has 3 heteroatoms. The predicted octanol–water partition coefficient (Wildman–Crippen LogP) is 7.72. The minimum atomic E-state index is 0.486. The van der Waals surface area contributed by atoms with E-state index in [1.54, 1.807) is 0 Å². The summed E-state index contributed by atoms with van der Waals surface area (Å²) >= 11 is 0. The zero-order valence-corrected chi connectivity index (χ0v) is 22.6. The molecule has 3 fully saturated rings. The summed E-state index contributed by atoms with van der Waals surface area (Å²) in [5.74, 6) is 8.78. The van der Waals surface area contributed by atoms with Crippen LogP contribution in [-0.2, 0) is 19.4 Å². The zero-order chi connectivity index (χ0) is 23.4. The smallest absolute Gasteiger partial charge is 0.150 e. The number of hydrogen-bond acceptors (Lipinski definition) is 2. The Morgan fingerprint density at radius 2 is 1.73 bits per heavy atom.